The van der Waals surface area contributed by atoms with Gasteiger partial charge in [-0.15, -0.1) is 11.8 Å². The first-order valence-electron chi connectivity index (χ1n) is 5.64. The number of fused-ring (bicyclic) bond motifs is 2. The highest BCUT2D eigenvalue weighted by molar-refractivity contribution is 4.99. The summed E-state index contributed by atoms with van der Waals surface area (Å²) in [7, 11) is 0. The lowest BCUT2D eigenvalue weighted by Gasteiger charge is -2.36. The molecule has 0 aromatic rings. The highest BCUT2D eigenvalue weighted by Crippen LogP contribution is 2.35. The lowest BCUT2D eigenvalue weighted by Crippen LogP contribution is -2.44. The zero-order valence-corrected chi connectivity index (χ0v) is 8.87. The molecule has 0 saturated carbocycles. The average Bonchev–Trinajstić information content (AvgIpc) is 2.42. The summed E-state index contributed by atoms with van der Waals surface area (Å²) in [6.45, 7) is 3.00. The van der Waals surface area contributed by atoms with Gasteiger partial charge in [-0.2, -0.15) is 0 Å². The molecule has 0 aromatic carbocycles. The standard InChI is InChI=1S/C12H19NO/c1-2-3-4-7-13-10-5-6-11(13)9-12(14)8-10/h10-12,14H,4-9H2,1H3. The molecule has 2 rings (SSSR count). The summed E-state index contributed by atoms with van der Waals surface area (Å²) in [6.07, 6.45) is 5.47. The van der Waals surface area contributed by atoms with Crippen molar-refractivity contribution in [2.45, 2.75) is 57.2 Å². The highest BCUT2D eigenvalue weighted by Gasteiger charge is 2.39. The van der Waals surface area contributed by atoms with Crippen LogP contribution in [0.1, 0.15) is 39.0 Å². The van der Waals surface area contributed by atoms with Crippen LogP contribution in [0.3, 0.4) is 0 Å². The molecule has 0 amide bonds. The minimum absolute atomic E-state index is 0.0407. The summed E-state index contributed by atoms with van der Waals surface area (Å²) < 4.78 is 0. The molecule has 2 unspecified atom stereocenters. The predicted octanol–water partition coefficient (Wildman–Crippen LogP) is 1.39. The Hall–Kier alpha value is -0.520. The Morgan fingerprint density at radius 2 is 1.93 bits per heavy atom. The summed E-state index contributed by atoms with van der Waals surface area (Å²) in [5, 5.41) is 9.62. The Morgan fingerprint density at radius 1 is 1.29 bits per heavy atom. The summed E-state index contributed by atoms with van der Waals surface area (Å²) in [4.78, 5) is 2.57. The Labute approximate surface area is 86.3 Å². The second-order valence-corrected chi connectivity index (χ2v) is 4.42. The van der Waals surface area contributed by atoms with E-state index >= 15 is 0 Å². The maximum atomic E-state index is 9.62. The largest absolute Gasteiger partial charge is 0.393 e. The molecule has 2 saturated heterocycles. The van der Waals surface area contributed by atoms with E-state index in [-0.39, 0.29) is 6.10 Å². The highest BCUT2D eigenvalue weighted by atomic mass is 16.3. The number of hydrogen-bond acceptors (Lipinski definition) is 2. The van der Waals surface area contributed by atoms with Crippen LogP contribution in [0, 0.1) is 11.8 Å². The van der Waals surface area contributed by atoms with E-state index in [2.05, 4.69) is 16.7 Å². The molecule has 2 bridgehead atoms. The Morgan fingerprint density at radius 3 is 2.50 bits per heavy atom. The number of rotatable bonds is 2. The van der Waals surface area contributed by atoms with Gasteiger partial charge in [0.25, 0.3) is 0 Å². The normalized spacial score (nSPS) is 36.6. The number of aliphatic hydroxyl groups is 1. The molecule has 2 aliphatic rings. The van der Waals surface area contributed by atoms with E-state index in [4.69, 9.17) is 0 Å². The Bertz CT molecular complexity index is 239. The van der Waals surface area contributed by atoms with Crippen molar-refractivity contribution in [1.82, 2.24) is 4.90 Å². The average molecular weight is 193 g/mol. The lowest BCUT2D eigenvalue weighted by atomic mass is 10.00. The van der Waals surface area contributed by atoms with Crippen LogP contribution in [0.15, 0.2) is 0 Å². The van der Waals surface area contributed by atoms with Crippen LogP contribution in [0.4, 0.5) is 0 Å². The van der Waals surface area contributed by atoms with Crippen molar-refractivity contribution in [3.8, 4) is 11.8 Å². The van der Waals surface area contributed by atoms with Crippen LogP contribution >= 0.6 is 0 Å². The van der Waals surface area contributed by atoms with E-state index in [9.17, 15) is 5.11 Å². The Balaban J connectivity index is 1.89. The van der Waals surface area contributed by atoms with Crippen LogP contribution in [0.25, 0.3) is 0 Å². The molecule has 0 aliphatic carbocycles. The fourth-order valence-corrected chi connectivity index (χ4v) is 2.92. The SMILES string of the molecule is CC#CCCN1C2CCC1CC(O)C2. The minimum atomic E-state index is -0.0407. The van der Waals surface area contributed by atoms with E-state index in [1.54, 1.807) is 0 Å². The first-order chi connectivity index (χ1) is 6.81. The molecule has 78 valence electrons. The second kappa shape index (κ2) is 4.33. The molecule has 0 radical (unpaired) electrons. The zero-order chi connectivity index (χ0) is 9.97. The molecule has 2 heteroatoms. The lowest BCUT2D eigenvalue weighted by molar-refractivity contribution is 0.0368. The van der Waals surface area contributed by atoms with E-state index < -0.39 is 0 Å². The number of piperidine rings is 1. The quantitative estimate of drug-likeness (QED) is 0.670. The molecule has 2 heterocycles. The third-order valence-corrected chi connectivity index (χ3v) is 3.53. The van der Waals surface area contributed by atoms with E-state index in [0.717, 1.165) is 25.8 Å². The van der Waals surface area contributed by atoms with Gasteiger partial charge in [0.1, 0.15) is 0 Å². The van der Waals surface area contributed by atoms with E-state index in [1.807, 2.05) is 6.92 Å². The van der Waals surface area contributed by atoms with Gasteiger partial charge in [-0.1, -0.05) is 0 Å². The molecule has 0 aromatic heterocycles. The van der Waals surface area contributed by atoms with Crippen molar-refractivity contribution in [1.29, 1.82) is 0 Å². The van der Waals surface area contributed by atoms with Gasteiger partial charge in [0, 0.05) is 25.0 Å². The van der Waals surface area contributed by atoms with Gasteiger partial charge in [-0.05, 0) is 32.6 Å². The summed E-state index contributed by atoms with van der Waals surface area (Å²) in [6, 6.07) is 1.28. The predicted molar refractivity (Wildman–Crippen MR) is 56.8 cm³/mol. The molecule has 2 nitrogen and oxygen atoms in total. The van der Waals surface area contributed by atoms with Gasteiger partial charge >= 0.3 is 0 Å². The van der Waals surface area contributed by atoms with E-state index in [0.29, 0.717) is 12.1 Å². The minimum Gasteiger partial charge on any atom is -0.393 e. The summed E-state index contributed by atoms with van der Waals surface area (Å²) in [5.41, 5.74) is 0. The van der Waals surface area contributed by atoms with Gasteiger partial charge in [0.15, 0.2) is 0 Å². The van der Waals surface area contributed by atoms with Crippen LogP contribution in [0.5, 0.6) is 0 Å². The monoisotopic (exact) mass is 193 g/mol. The van der Waals surface area contributed by atoms with Gasteiger partial charge in [0.05, 0.1) is 6.10 Å². The number of aliphatic hydroxyl groups excluding tert-OH is 1. The van der Waals surface area contributed by atoms with Gasteiger partial charge in [0.2, 0.25) is 0 Å². The second-order valence-electron chi connectivity index (χ2n) is 4.42. The molecule has 0 spiro atoms. The zero-order valence-electron chi connectivity index (χ0n) is 8.87. The molecular formula is C12H19NO. The maximum absolute atomic E-state index is 9.62. The summed E-state index contributed by atoms with van der Waals surface area (Å²) in [5.74, 6) is 6.06. The molecule has 2 fully saturated rings. The fraction of sp³-hybridized carbons (Fsp3) is 0.833. The topological polar surface area (TPSA) is 23.5 Å². The van der Waals surface area contributed by atoms with Crippen molar-refractivity contribution in [3.05, 3.63) is 0 Å². The Kier molecular flexibility index (Phi) is 3.10. The van der Waals surface area contributed by atoms with Crippen LogP contribution in [0.2, 0.25) is 0 Å². The fourth-order valence-electron chi connectivity index (χ4n) is 2.92. The van der Waals surface area contributed by atoms with Crippen molar-refractivity contribution in [2.24, 2.45) is 0 Å². The van der Waals surface area contributed by atoms with Crippen molar-refractivity contribution in [3.63, 3.8) is 0 Å². The first-order valence-corrected chi connectivity index (χ1v) is 5.64. The molecular weight excluding hydrogens is 174 g/mol. The number of nitrogens with zero attached hydrogens (tertiary/aromatic N) is 1. The molecule has 2 aliphatic heterocycles. The van der Waals surface area contributed by atoms with Gasteiger partial charge in [-0.25, -0.2) is 0 Å². The number of hydrogen-bond donors (Lipinski definition) is 1. The molecule has 1 N–H and O–H groups in total. The van der Waals surface area contributed by atoms with Crippen LogP contribution in [-0.4, -0.2) is 34.7 Å². The maximum Gasteiger partial charge on any atom is 0.0570 e. The van der Waals surface area contributed by atoms with Gasteiger partial charge in [-0.3, -0.25) is 4.90 Å². The third-order valence-electron chi connectivity index (χ3n) is 3.53. The molecule has 14 heavy (non-hydrogen) atoms. The third kappa shape index (κ3) is 1.94. The molecule has 2 atom stereocenters. The van der Waals surface area contributed by atoms with Crippen LogP contribution in [-0.2, 0) is 0 Å². The van der Waals surface area contributed by atoms with Crippen molar-refractivity contribution >= 4 is 0 Å². The van der Waals surface area contributed by atoms with Crippen molar-refractivity contribution < 1.29 is 5.11 Å². The summed E-state index contributed by atoms with van der Waals surface area (Å²) >= 11 is 0. The first kappa shape index (κ1) is 10.0. The van der Waals surface area contributed by atoms with Crippen LogP contribution < -0.4 is 0 Å². The smallest absolute Gasteiger partial charge is 0.0570 e. The van der Waals surface area contributed by atoms with E-state index in [1.165, 1.54) is 12.8 Å². The van der Waals surface area contributed by atoms with Crippen molar-refractivity contribution in [2.75, 3.05) is 6.54 Å². The van der Waals surface area contributed by atoms with Gasteiger partial charge < -0.3 is 5.11 Å².